The van der Waals surface area contributed by atoms with Crippen LogP contribution < -0.4 is 0 Å². The fourth-order valence-corrected chi connectivity index (χ4v) is 6.33. The Bertz CT molecular complexity index is 300. The van der Waals surface area contributed by atoms with E-state index in [4.69, 9.17) is 0 Å². The molecule has 0 saturated heterocycles. The molecule has 0 aromatic carbocycles. The SMILES string of the molecule is C=CC(=C)C.CC(C)(C)P(CC[C]1[CH][CH][CH][CH]1)C(C)(C)C.[Co]. The van der Waals surface area contributed by atoms with Crippen LogP contribution in [0.2, 0.25) is 0 Å². The zero-order chi connectivity index (χ0) is 16.7. The molecule has 1 aliphatic rings. The van der Waals surface area contributed by atoms with Crippen molar-refractivity contribution in [1.29, 1.82) is 0 Å². The molecular weight excluding hydrogens is 330 g/mol. The molecule has 1 aliphatic carbocycles. The van der Waals surface area contributed by atoms with Crippen molar-refractivity contribution < 1.29 is 16.8 Å². The predicted molar refractivity (Wildman–Crippen MR) is 101 cm³/mol. The van der Waals surface area contributed by atoms with Gasteiger partial charge in [-0.15, -0.1) is 0 Å². The molecule has 0 aliphatic heterocycles. The molecule has 22 heavy (non-hydrogen) atoms. The normalized spacial score (nSPS) is 15.8. The largest absolute Gasteiger partial charge is 0.0988 e. The summed E-state index contributed by atoms with van der Waals surface area (Å²) in [6.45, 7) is 23.3. The van der Waals surface area contributed by atoms with E-state index in [-0.39, 0.29) is 24.7 Å². The molecule has 0 spiro atoms. The van der Waals surface area contributed by atoms with Gasteiger partial charge in [0.15, 0.2) is 0 Å². The molecule has 0 N–H and O–H groups in total. The summed E-state index contributed by atoms with van der Waals surface area (Å²) in [4.78, 5) is 0. The van der Waals surface area contributed by atoms with Gasteiger partial charge < -0.3 is 0 Å². The molecule has 0 unspecified atom stereocenters. The Kier molecular flexibility index (Phi) is 12.4. The first-order chi connectivity index (χ1) is 9.48. The van der Waals surface area contributed by atoms with E-state index in [1.807, 2.05) is 6.92 Å². The second kappa shape index (κ2) is 11.1. The summed E-state index contributed by atoms with van der Waals surface area (Å²) >= 11 is 0. The Morgan fingerprint density at radius 2 is 1.41 bits per heavy atom. The van der Waals surface area contributed by atoms with Gasteiger partial charge in [-0.3, -0.25) is 0 Å². The molecule has 0 bridgehead atoms. The van der Waals surface area contributed by atoms with E-state index in [0.717, 1.165) is 5.57 Å². The average Bonchev–Trinajstić information content (AvgIpc) is 2.79. The van der Waals surface area contributed by atoms with Crippen LogP contribution in [0.4, 0.5) is 0 Å². The van der Waals surface area contributed by atoms with Gasteiger partial charge in [0.05, 0.1) is 0 Å². The number of allylic oxidation sites excluding steroid dienone is 2. The van der Waals surface area contributed by atoms with Crippen LogP contribution in [0.5, 0.6) is 0 Å². The van der Waals surface area contributed by atoms with Gasteiger partial charge in [-0.25, -0.2) is 0 Å². The van der Waals surface area contributed by atoms with Crippen LogP contribution in [0.15, 0.2) is 24.8 Å². The van der Waals surface area contributed by atoms with Gasteiger partial charge in [-0.2, -0.15) is 0 Å². The molecule has 1 saturated carbocycles. The van der Waals surface area contributed by atoms with Gasteiger partial charge in [0.25, 0.3) is 0 Å². The summed E-state index contributed by atoms with van der Waals surface area (Å²) in [7, 11) is 0.0525. The van der Waals surface area contributed by atoms with E-state index in [1.54, 1.807) is 6.08 Å². The van der Waals surface area contributed by atoms with Gasteiger partial charge in [-0.1, -0.05) is 74.3 Å². The third-order valence-electron chi connectivity index (χ3n) is 3.32. The van der Waals surface area contributed by atoms with E-state index in [2.05, 4.69) is 80.4 Å². The molecule has 0 nitrogen and oxygen atoms in total. The molecule has 0 heterocycles. The smallest absolute Gasteiger partial charge is 0 e. The quantitative estimate of drug-likeness (QED) is 0.389. The molecule has 2 heteroatoms. The second-order valence-corrected chi connectivity index (χ2v) is 11.6. The summed E-state index contributed by atoms with van der Waals surface area (Å²) in [6, 6.07) is 0. The summed E-state index contributed by atoms with van der Waals surface area (Å²) in [5.74, 6) is 1.50. The van der Waals surface area contributed by atoms with Gasteiger partial charge >= 0.3 is 0 Å². The van der Waals surface area contributed by atoms with E-state index in [9.17, 15) is 0 Å². The standard InChI is InChI=1S/C15H26P.C5H8.Co/c1-14(2,3)16(15(4,5)6)12-11-13-9-7-8-10-13;1-4-5(2)3;/h7-10H,11-12H2,1-6H3;4H,1-2H2,3H3;. The van der Waals surface area contributed by atoms with E-state index < -0.39 is 0 Å². The van der Waals surface area contributed by atoms with Gasteiger partial charge in [0.1, 0.15) is 0 Å². The Hall–Kier alpha value is 0.416. The first-order valence-corrected chi connectivity index (χ1v) is 9.27. The molecule has 0 atom stereocenters. The van der Waals surface area contributed by atoms with E-state index >= 15 is 0 Å². The molecule has 6 radical (unpaired) electrons. The molecule has 1 rings (SSSR count). The summed E-state index contributed by atoms with van der Waals surface area (Å²) in [5.41, 5.74) is 1.02. The summed E-state index contributed by atoms with van der Waals surface area (Å²) in [5, 5.41) is 0.917. The summed E-state index contributed by atoms with van der Waals surface area (Å²) in [6.07, 6.45) is 13.1. The summed E-state index contributed by atoms with van der Waals surface area (Å²) < 4.78 is 0. The number of rotatable bonds is 4. The second-order valence-electron chi connectivity index (χ2n) is 7.59. The Balaban J connectivity index is 0. The van der Waals surface area contributed by atoms with Crippen LogP contribution >= 0.6 is 7.92 Å². The van der Waals surface area contributed by atoms with E-state index in [0.29, 0.717) is 10.3 Å². The molecule has 0 amide bonds. The first kappa shape index (κ1) is 24.7. The minimum absolute atomic E-state index is 0. The van der Waals surface area contributed by atoms with Crippen LogP contribution in [0.1, 0.15) is 54.9 Å². The van der Waals surface area contributed by atoms with E-state index in [1.165, 1.54) is 18.5 Å². The fraction of sp³-hybridized carbons (Fsp3) is 0.550. The van der Waals surface area contributed by atoms with Crippen LogP contribution in [-0.2, 0) is 16.8 Å². The first-order valence-electron chi connectivity index (χ1n) is 7.74. The molecule has 0 aromatic rings. The maximum atomic E-state index is 3.56. The minimum atomic E-state index is 0. The zero-order valence-electron chi connectivity index (χ0n) is 15.5. The number of hydrogen-bond donors (Lipinski definition) is 0. The van der Waals surface area contributed by atoms with Crippen molar-refractivity contribution in [2.24, 2.45) is 0 Å². The third-order valence-corrected chi connectivity index (χ3v) is 7.23. The molecule has 0 aromatic heterocycles. The van der Waals surface area contributed by atoms with Crippen LogP contribution in [0.3, 0.4) is 0 Å². The van der Waals surface area contributed by atoms with Gasteiger partial charge in [0.2, 0.25) is 0 Å². The van der Waals surface area contributed by atoms with Gasteiger partial charge in [0, 0.05) is 16.8 Å². The van der Waals surface area contributed by atoms with Crippen molar-refractivity contribution in [3.05, 3.63) is 56.4 Å². The van der Waals surface area contributed by atoms with Crippen molar-refractivity contribution in [3.8, 4) is 0 Å². The topological polar surface area (TPSA) is 0 Å². The predicted octanol–water partition coefficient (Wildman–Crippen LogP) is 6.61. The molecule has 128 valence electrons. The van der Waals surface area contributed by atoms with Crippen LogP contribution in [-0.4, -0.2) is 16.5 Å². The Labute approximate surface area is 152 Å². The fourth-order valence-electron chi connectivity index (χ4n) is 2.50. The minimum Gasteiger partial charge on any atom is -0.0988 e. The van der Waals surface area contributed by atoms with Gasteiger partial charge in [-0.05, 0) is 61.4 Å². The molecular formula is C20H34CoP. The Morgan fingerprint density at radius 3 is 1.68 bits per heavy atom. The van der Waals surface area contributed by atoms with Crippen molar-refractivity contribution in [3.63, 3.8) is 0 Å². The van der Waals surface area contributed by atoms with Crippen molar-refractivity contribution in [2.45, 2.75) is 65.2 Å². The number of hydrogen-bond acceptors (Lipinski definition) is 0. The maximum absolute atomic E-state index is 3.56. The van der Waals surface area contributed by atoms with Crippen molar-refractivity contribution >= 4 is 7.92 Å². The monoisotopic (exact) mass is 364 g/mol. The Morgan fingerprint density at radius 1 is 1.05 bits per heavy atom. The third kappa shape index (κ3) is 11.0. The molecule has 1 fully saturated rings. The average molecular weight is 364 g/mol. The van der Waals surface area contributed by atoms with Crippen molar-refractivity contribution in [1.82, 2.24) is 0 Å². The van der Waals surface area contributed by atoms with Crippen molar-refractivity contribution in [2.75, 3.05) is 6.16 Å². The van der Waals surface area contributed by atoms with Crippen LogP contribution in [0.25, 0.3) is 0 Å². The zero-order valence-corrected chi connectivity index (χ0v) is 17.4. The maximum Gasteiger partial charge on any atom is 0 e. The van der Waals surface area contributed by atoms with Crippen LogP contribution in [0, 0.1) is 31.6 Å².